The first-order valence-corrected chi connectivity index (χ1v) is 8.31. The van der Waals surface area contributed by atoms with Crippen LogP contribution in [0, 0.1) is 5.92 Å². The lowest BCUT2D eigenvalue weighted by Crippen LogP contribution is -2.31. The molecule has 0 saturated carbocycles. The lowest BCUT2D eigenvalue weighted by Gasteiger charge is -2.17. The predicted octanol–water partition coefficient (Wildman–Crippen LogP) is 2.88. The van der Waals surface area contributed by atoms with Crippen molar-refractivity contribution in [2.75, 3.05) is 19.6 Å². The molecule has 0 aliphatic carbocycles. The zero-order chi connectivity index (χ0) is 15.7. The molecule has 0 bridgehead atoms. The number of nitrogens with zero attached hydrogens (tertiary/aromatic N) is 2. The van der Waals surface area contributed by atoms with Crippen LogP contribution in [0.15, 0.2) is 40.9 Å². The van der Waals surface area contributed by atoms with Crippen molar-refractivity contribution in [1.82, 2.24) is 9.47 Å². The Hall–Kier alpha value is -1.59. The number of hydrogen-bond donors (Lipinski definition) is 1. The van der Waals surface area contributed by atoms with Crippen molar-refractivity contribution in [2.24, 2.45) is 18.7 Å². The summed E-state index contributed by atoms with van der Waals surface area (Å²) in [7, 11) is 1.94. The van der Waals surface area contributed by atoms with Gasteiger partial charge in [-0.25, -0.2) is 0 Å². The molecule has 22 heavy (non-hydrogen) atoms. The Morgan fingerprint density at radius 1 is 1.32 bits per heavy atom. The van der Waals surface area contributed by atoms with E-state index < -0.39 is 0 Å². The lowest BCUT2D eigenvalue weighted by molar-refractivity contribution is 0.0778. The van der Waals surface area contributed by atoms with Crippen molar-refractivity contribution >= 4 is 21.8 Å². The fourth-order valence-electron chi connectivity index (χ4n) is 3.04. The molecule has 2 N–H and O–H groups in total. The second-order valence-corrected chi connectivity index (χ2v) is 6.64. The van der Waals surface area contributed by atoms with E-state index in [4.69, 9.17) is 5.73 Å². The second kappa shape index (κ2) is 6.26. The molecule has 1 atom stereocenters. The molecule has 4 nitrogen and oxygen atoms in total. The Kier molecular flexibility index (Phi) is 4.36. The minimum atomic E-state index is 0.0942. The van der Waals surface area contributed by atoms with Gasteiger partial charge >= 0.3 is 0 Å². The van der Waals surface area contributed by atoms with Gasteiger partial charge in [0.2, 0.25) is 0 Å². The van der Waals surface area contributed by atoms with Crippen molar-refractivity contribution in [3.63, 3.8) is 0 Å². The molecule has 1 aliphatic heterocycles. The molecule has 2 aromatic rings. The van der Waals surface area contributed by atoms with Crippen LogP contribution in [0.2, 0.25) is 0 Å². The van der Waals surface area contributed by atoms with Gasteiger partial charge in [0.1, 0.15) is 5.69 Å². The summed E-state index contributed by atoms with van der Waals surface area (Å²) in [5, 5.41) is 0. The van der Waals surface area contributed by atoms with E-state index >= 15 is 0 Å². The Labute approximate surface area is 139 Å². The van der Waals surface area contributed by atoms with Gasteiger partial charge in [-0.1, -0.05) is 34.1 Å². The molecule has 0 spiro atoms. The Morgan fingerprint density at radius 2 is 2.09 bits per heavy atom. The summed E-state index contributed by atoms with van der Waals surface area (Å²) in [5.74, 6) is 0.531. The predicted molar refractivity (Wildman–Crippen MR) is 91.6 cm³/mol. The van der Waals surface area contributed by atoms with E-state index in [1.165, 1.54) is 0 Å². The van der Waals surface area contributed by atoms with Gasteiger partial charge in [-0.15, -0.1) is 0 Å². The molecule has 5 heteroatoms. The fourth-order valence-corrected chi connectivity index (χ4v) is 3.52. The van der Waals surface area contributed by atoms with Crippen molar-refractivity contribution in [1.29, 1.82) is 0 Å². The van der Waals surface area contributed by atoms with Crippen molar-refractivity contribution < 1.29 is 4.79 Å². The lowest BCUT2D eigenvalue weighted by atomic mass is 10.1. The Bertz CT molecular complexity index is 695. The molecule has 1 aromatic carbocycles. The SMILES string of the molecule is Cn1c(C(=O)N2CC[C@@H](CN)C2)ccc1-c1ccccc1Br. The van der Waals surface area contributed by atoms with Gasteiger partial charge in [0.05, 0.1) is 0 Å². The van der Waals surface area contributed by atoms with Crippen LogP contribution in [0.25, 0.3) is 11.3 Å². The third-order valence-electron chi connectivity index (χ3n) is 4.40. The summed E-state index contributed by atoms with van der Waals surface area (Å²) in [6.45, 7) is 2.22. The Balaban J connectivity index is 1.88. The molecule has 3 rings (SSSR count). The number of nitrogens with two attached hydrogens (primary N) is 1. The highest BCUT2D eigenvalue weighted by Crippen LogP contribution is 2.29. The molecule has 1 fully saturated rings. The van der Waals surface area contributed by atoms with Gasteiger partial charge < -0.3 is 15.2 Å². The maximum absolute atomic E-state index is 12.7. The molecule has 1 saturated heterocycles. The van der Waals surface area contributed by atoms with Crippen LogP contribution in [0.3, 0.4) is 0 Å². The van der Waals surface area contributed by atoms with E-state index in [1.807, 2.05) is 52.9 Å². The topological polar surface area (TPSA) is 51.3 Å². The number of benzene rings is 1. The van der Waals surface area contributed by atoms with E-state index in [1.54, 1.807) is 0 Å². The number of halogens is 1. The number of amides is 1. The van der Waals surface area contributed by atoms with Gasteiger partial charge in [0.15, 0.2) is 0 Å². The summed E-state index contributed by atoms with van der Waals surface area (Å²) in [4.78, 5) is 14.6. The van der Waals surface area contributed by atoms with Crippen LogP contribution in [0.1, 0.15) is 16.9 Å². The summed E-state index contributed by atoms with van der Waals surface area (Å²) < 4.78 is 3.00. The summed E-state index contributed by atoms with van der Waals surface area (Å²) >= 11 is 3.57. The number of rotatable bonds is 3. The van der Waals surface area contributed by atoms with E-state index in [-0.39, 0.29) is 5.91 Å². The van der Waals surface area contributed by atoms with Crippen molar-refractivity contribution in [2.45, 2.75) is 6.42 Å². The summed E-state index contributed by atoms with van der Waals surface area (Å²) in [6, 6.07) is 12.0. The summed E-state index contributed by atoms with van der Waals surface area (Å²) in [5.41, 5.74) is 8.56. The van der Waals surface area contributed by atoms with E-state index in [0.717, 1.165) is 40.9 Å². The number of carbonyl (C=O) groups excluding carboxylic acids is 1. The van der Waals surface area contributed by atoms with E-state index in [2.05, 4.69) is 15.9 Å². The van der Waals surface area contributed by atoms with Gasteiger partial charge in [-0.3, -0.25) is 4.79 Å². The first-order chi connectivity index (χ1) is 10.6. The van der Waals surface area contributed by atoms with Gasteiger partial charge in [0, 0.05) is 35.9 Å². The largest absolute Gasteiger partial charge is 0.340 e. The number of carbonyl (C=O) groups is 1. The van der Waals surface area contributed by atoms with Crippen molar-refractivity contribution in [3.05, 3.63) is 46.6 Å². The van der Waals surface area contributed by atoms with Gasteiger partial charge in [-0.05, 0) is 37.1 Å². The first kappa shape index (κ1) is 15.3. The minimum absolute atomic E-state index is 0.0942. The van der Waals surface area contributed by atoms with Gasteiger partial charge in [0.25, 0.3) is 5.91 Å². The normalized spacial score (nSPS) is 18.0. The second-order valence-electron chi connectivity index (χ2n) is 5.78. The Morgan fingerprint density at radius 3 is 2.77 bits per heavy atom. The number of likely N-dealkylation sites (tertiary alicyclic amines) is 1. The molecule has 1 aromatic heterocycles. The third kappa shape index (κ3) is 2.71. The number of hydrogen-bond acceptors (Lipinski definition) is 2. The van der Waals surface area contributed by atoms with Crippen LogP contribution in [0.4, 0.5) is 0 Å². The minimum Gasteiger partial charge on any atom is -0.340 e. The molecular formula is C17H20BrN3O. The van der Waals surface area contributed by atoms with Crippen LogP contribution in [-0.4, -0.2) is 35.0 Å². The van der Waals surface area contributed by atoms with E-state index in [0.29, 0.717) is 12.5 Å². The molecule has 1 aliphatic rings. The van der Waals surface area contributed by atoms with Crippen LogP contribution >= 0.6 is 15.9 Å². The van der Waals surface area contributed by atoms with Crippen molar-refractivity contribution in [3.8, 4) is 11.3 Å². The highest BCUT2D eigenvalue weighted by Gasteiger charge is 2.27. The maximum Gasteiger partial charge on any atom is 0.270 e. The maximum atomic E-state index is 12.7. The average Bonchev–Trinajstić information content (AvgIpc) is 3.14. The smallest absolute Gasteiger partial charge is 0.270 e. The molecule has 2 heterocycles. The van der Waals surface area contributed by atoms with Crippen LogP contribution in [0.5, 0.6) is 0 Å². The van der Waals surface area contributed by atoms with E-state index in [9.17, 15) is 4.79 Å². The monoisotopic (exact) mass is 361 g/mol. The highest BCUT2D eigenvalue weighted by atomic mass is 79.9. The third-order valence-corrected chi connectivity index (χ3v) is 5.09. The first-order valence-electron chi connectivity index (χ1n) is 7.51. The highest BCUT2D eigenvalue weighted by molar-refractivity contribution is 9.10. The zero-order valence-corrected chi connectivity index (χ0v) is 14.2. The molecule has 0 unspecified atom stereocenters. The fraction of sp³-hybridized carbons (Fsp3) is 0.353. The van der Waals surface area contributed by atoms with Crippen LogP contribution < -0.4 is 5.73 Å². The standard InChI is InChI=1S/C17H20BrN3O/c1-20-15(13-4-2-3-5-14(13)18)6-7-16(20)17(22)21-9-8-12(10-19)11-21/h2-7,12H,8-11,19H2,1H3/t12-/m0/s1. The molecule has 116 valence electrons. The summed E-state index contributed by atoms with van der Waals surface area (Å²) in [6.07, 6.45) is 1.00. The quantitative estimate of drug-likeness (QED) is 0.913. The van der Waals surface area contributed by atoms with Gasteiger partial charge in [-0.2, -0.15) is 0 Å². The van der Waals surface area contributed by atoms with Crippen LogP contribution in [-0.2, 0) is 7.05 Å². The average molecular weight is 362 g/mol. The number of aromatic nitrogens is 1. The zero-order valence-electron chi connectivity index (χ0n) is 12.6. The molecule has 0 radical (unpaired) electrons. The molecule has 1 amide bonds. The molecular weight excluding hydrogens is 342 g/mol.